The zero-order chi connectivity index (χ0) is 17.8. The molecular formula is C19H15N3O3. The van der Waals surface area contributed by atoms with Crippen LogP contribution in [0.2, 0.25) is 0 Å². The quantitative estimate of drug-likeness (QED) is 0.426. The van der Waals surface area contributed by atoms with Gasteiger partial charge in [0.25, 0.3) is 11.6 Å². The van der Waals surface area contributed by atoms with Crippen LogP contribution in [0.4, 0.5) is 17.1 Å². The molecule has 0 radical (unpaired) electrons. The highest BCUT2D eigenvalue weighted by atomic mass is 16.6. The summed E-state index contributed by atoms with van der Waals surface area (Å²) in [4.78, 5) is 22.8. The lowest BCUT2D eigenvalue weighted by molar-refractivity contribution is -0.384. The average Bonchev–Trinajstić information content (AvgIpc) is 2.64. The van der Waals surface area contributed by atoms with E-state index in [4.69, 9.17) is 5.73 Å². The van der Waals surface area contributed by atoms with Crippen molar-refractivity contribution >= 4 is 23.0 Å². The molecule has 0 heterocycles. The van der Waals surface area contributed by atoms with Gasteiger partial charge in [-0.2, -0.15) is 0 Å². The van der Waals surface area contributed by atoms with Gasteiger partial charge in [-0.05, 0) is 35.4 Å². The molecule has 6 nitrogen and oxygen atoms in total. The molecule has 3 aromatic rings. The van der Waals surface area contributed by atoms with Crippen molar-refractivity contribution in [3.05, 3.63) is 88.5 Å². The van der Waals surface area contributed by atoms with E-state index in [0.717, 1.165) is 5.56 Å². The van der Waals surface area contributed by atoms with E-state index in [1.54, 1.807) is 54.6 Å². The second-order valence-electron chi connectivity index (χ2n) is 5.43. The Balaban J connectivity index is 1.92. The zero-order valence-corrected chi connectivity index (χ0v) is 13.2. The minimum absolute atomic E-state index is 0.00389. The first-order valence-electron chi connectivity index (χ1n) is 7.55. The summed E-state index contributed by atoms with van der Waals surface area (Å²) < 4.78 is 0. The number of carbonyl (C=O) groups is 1. The molecule has 0 bridgehead atoms. The Labute approximate surface area is 144 Å². The molecule has 0 saturated carbocycles. The maximum atomic E-state index is 12.3. The number of hydrogen-bond acceptors (Lipinski definition) is 4. The highest BCUT2D eigenvalue weighted by Crippen LogP contribution is 2.29. The molecule has 3 rings (SSSR count). The van der Waals surface area contributed by atoms with Crippen molar-refractivity contribution in [3.63, 3.8) is 0 Å². The molecule has 0 atom stereocenters. The predicted molar refractivity (Wildman–Crippen MR) is 97.3 cm³/mol. The van der Waals surface area contributed by atoms with Crippen LogP contribution in [0.25, 0.3) is 11.1 Å². The van der Waals surface area contributed by atoms with Crippen molar-refractivity contribution in [1.82, 2.24) is 0 Å². The van der Waals surface area contributed by atoms with Crippen LogP contribution in [0, 0.1) is 10.1 Å². The minimum atomic E-state index is -0.446. The molecule has 0 saturated heterocycles. The van der Waals surface area contributed by atoms with Crippen LogP contribution in [0.1, 0.15) is 10.4 Å². The number of rotatable bonds is 4. The number of amides is 1. The van der Waals surface area contributed by atoms with E-state index in [9.17, 15) is 14.9 Å². The number of carbonyl (C=O) groups excluding carboxylic acids is 1. The third-order valence-electron chi connectivity index (χ3n) is 3.73. The molecule has 0 unspecified atom stereocenters. The molecule has 0 aromatic heterocycles. The number of nitro groups is 1. The highest BCUT2D eigenvalue weighted by Gasteiger charge is 2.11. The van der Waals surface area contributed by atoms with E-state index in [1.165, 1.54) is 12.1 Å². The number of anilines is 2. The van der Waals surface area contributed by atoms with Gasteiger partial charge in [0.1, 0.15) is 0 Å². The molecule has 6 heteroatoms. The van der Waals surface area contributed by atoms with E-state index in [1.807, 2.05) is 6.07 Å². The SMILES string of the molecule is Nc1ccc(-c2cccc([N+](=O)[O-])c2)cc1NC(=O)c1ccccc1. The normalized spacial score (nSPS) is 10.2. The molecule has 0 spiro atoms. The minimum Gasteiger partial charge on any atom is -0.397 e. The standard InChI is InChI=1S/C19H15N3O3/c20-17-10-9-15(14-7-4-8-16(11-14)22(24)25)12-18(17)21-19(23)13-5-2-1-3-6-13/h1-12H,20H2,(H,21,23). The molecule has 0 aliphatic heterocycles. The summed E-state index contributed by atoms with van der Waals surface area (Å²) >= 11 is 0. The summed E-state index contributed by atoms with van der Waals surface area (Å²) in [6.45, 7) is 0. The van der Waals surface area contributed by atoms with Gasteiger partial charge in [-0.25, -0.2) is 0 Å². The van der Waals surface area contributed by atoms with Crippen LogP contribution in [-0.2, 0) is 0 Å². The van der Waals surface area contributed by atoms with Gasteiger partial charge >= 0.3 is 0 Å². The van der Waals surface area contributed by atoms with Gasteiger partial charge in [-0.15, -0.1) is 0 Å². The number of hydrogen-bond donors (Lipinski definition) is 2. The lowest BCUT2D eigenvalue weighted by Gasteiger charge is -2.11. The van der Waals surface area contributed by atoms with Crippen molar-refractivity contribution in [1.29, 1.82) is 0 Å². The van der Waals surface area contributed by atoms with Crippen LogP contribution < -0.4 is 11.1 Å². The van der Waals surface area contributed by atoms with Gasteiger partial charge in [-0.3, -0.25) is 14.9 Å². The molecule has 0 aliphatic carbocycles. The largest absolute Gasteiger partial charge is 0.397 e. The number of nitrogens with one attached hydrogen (secondary N) is 1. The van der Waals surface area contributed by atoms with E-state index in [-0.39, 0.29) is 11.6 Å². The Morgan fingerprint density at radius 3 is 2.36 bits per heavy atom. The zero-order valence-electron chi connectivity index (χ0n) is 13.2. The van der Waals surface area contributed by atoms with Gasteiger partial charge < -0.3 is 11.1 Å². The molecule has 3 N–H and O–H groups in total. The summed E-state index contributed by atoms with van der Waals surface area (Å²) in [6, 6.07) is 20.2. The monoisotopic (exact) mass is 333 g/mol. The van der Waals surface area contributed by atoms with Crippen molar-refractivity contribution in [2.24, 2.45) is 0 Å². The lowest BCUT2D eigenvalue weighted by atomic mass is 10.0. The fraction of sp³-hybridized carbons (Fsp3) is 0. The van der Waals surface area contributed by atoms with Crippen molar-refractivity contribution in [3.8, 4) is 11.1 Å². The predicted octanol–water partition coefficient (Wildman–Crippen LogP) is 4.10. The third-order valence-corrected chi connectivity index (χ3v) is 3.73. The Morgan fingerprint density at radius 1 is 0.920 bits per heavy atom. The van der Waals surface area contributed by atoms with Gasteiger partial charge in [0.05, 0.1) is 16.3 Å². The smallest absolute Gasteiger partial charge is 0.270 e. The summed E-state index contributed by atoms with van der Waals surface area (Å²) in [5, 5.41) is 13.7. The van der Waals surface area contributed by atoms with Crippen molar-refractivity contribution in [2.45, 2.75) is 0 Å². The number of nitrogens with two attached hydrogens (primary N) is 1. The second-order valence-corrected chi connectivity index (χ2v) is 5.43. The summed E-state index contributed by atoms with van der Waals surface area (Å²) in [7, 11) is 0. The van der Waals surface area contributed by atoms with Crippen LogP contribution in [0.15, 0.2) is 72.8 Å². The Kier molecular flexibility index (Phi) is 4.43. The first-order chi connectivity index (χ1) is 12.0. The van der Waals surface area contributed by atoms with Gasteiger partial charge in [0.15, 0.2) is 0 Å². The van der Waals surface area contributed by atoms with E-state index >= 15 is 0 Å². The summed E-state index contributed by atoms with van der Waals surface area (Å²) in [6.07, 6.45) is 0. The number of benzene rings is 3. The Morgan fingerprint density at radius 2 is 1.64 bits per heavy atom. The van der Waals surface area contributed by atoms with Gasteiger partial charge in [0.2, 0.25) is 0 Å². The third kappa shape index (κ3) is 3.64. The molecule has 0 aliphatic rings. The molecular weight excluding hydrogens is 318 g/mol. The van der Waals surface area contributed by atoms with Crippen molar-refractivity contribution < 1.29 is 9.72 Å². The Hall–Kier alpha value is -3.67. The molecule has 124 valence electrons. The van der Waals surface area contributed by atoms with Gasteiger partial charge in [-0.1, -0.05) is 36.4 Å². The number of non-ortho nitro benzene ring substituents is 1. The fourth-order valence-corrected chi connectivity index (χ4v) is 2.43. The van der Waals surface area contributed by atoms with Crippen LogP contribution in [0.3, 0.4) is 0 Å². The maximum Gasteiger partial charge on any atom is 0.270 e. The van der Waals surface area contributed by atoms with Crippen LogP contribution in [0.5, 0.6) is 0 Å². The molecule has 0 fully saturated rings. The molecule has 1 amide bonds. The number of nitro benzene ring substituents is 1. The first kappa shape index (κ1) is 16.2. The maximum absolute atomic E-state index is 12.3. The second kappa shape index (κ2) is 6.84. The summed E-state index contributed by atoms with van der Waals surface area (Å²) in [5.41, 5.74) is 8.74. The van der Waals surface area contributed by atoms with E-state index < -0.39 is 4.92 Å². The summed E-state index contributed by atoms with van der Waals surface area (Å²) in [5.74, 6) is -0.275. The lowest BCUT2D eigenvalue weighted by Crippen LogP contribution is -2.13. The molecule has 3 aromatic carbocycles. The highest BCUT2D eigenvalue weighted by molar-refractivity contribution is 6.06. The number of nitrogen functional groups attached to an aromatic ring is 1. The van der Waals surface area contributed by atoms with Gasteiger partial charge in [0, 0.05) is 17.7 Å². The van der Waals surface area contributed by atoms with Crippen molar-refractivity contribution in [2.75, 3.05) is 11.1 Å². The van der Waals surface area contributed by atoms with E-state index in [0.29, 0.717) is 22.5 Å². The van der Waals surface area contributed by atoms with E-state index in [2.05, 4.69) is 5.32 Å². The fourth-order valence-electron chi connectivity index (χ4n) is 2.43. The molecule has 25 heavy (non-hydrogen) atoms. The van der Waals surface area contributed by atoms with Crippen LogP contribution >= 0.6 is 0 Å². The average molecular weight is 333 g/mol. The topological polar surface area (TPSA) is 98.3 Å². The Bertz CT molecular complexity index is 940. The number of nitrogens with zero attached hydrogens (tertiary/aromatic N) is 1. The first-order valence-corrected chi connectivity index (χ1v) is 7.55. The van der Waals surface area contributed by atoms with Crippen LogP contribution in [-0.4, -0.2) is 10.8 Å².